The van der Waals surface area contributed by atoms with Crippen molar-refractivity contribution in [1.29, 1.82) is 0 Å². The highest BCUT2D eigenvalue weighted by Crippen LogP contribution is 2.23. The highest BCUT2D eigenvalue weighted by atomic mass is 16.2. The third-order valence-electron chi connectivity index (χ3n) is 4.87. The maximum absolute atomic E-state index is 12.9. The lowest BCUT2D eigenvalue weighted by Gasteiger charge is -2.14. The average Bonchev–Trinajstić information content (AvgIpc) is 3.40. The quantitative estimate of drug-likeness (QED) is 0.530. The maximum Gasteiger partial charge on any atom is 0.274 e. The van der Waals surface area contributed by atoms with Gasteiger partial charge in [-0.3, -0.25) is 14.2 Å². The number of hydrogen-bond donors (Lipinski definition) is 0. The van der Waals surface area contributed by atoms with Crippen molar-refractivity contribution in [3.8, 4) is 11.3 Å². The van der Waals surface area contributed by atoms with Gasteiger partial charge in [-0.05, 0) is 19.9 Å². The lowest BCUT2D eigenvalue weighted by atomic mass is 10.2. The van der Waals surface area contributed by atoms with Gasteiger partial charge in [-0.15, -0.1) is 0 Å². The zero-order chi connectivity index (χ0) is 19.8. The molecule has 4 rings (SSSR count). The number of nitrogens with zero attached hydrogens (tertiary/aromatic N) is 8. The van der Waals surface area contributed by atoms with Crippen LogP contribution in [0.5, 0.6) is 0 Å². The molecule has 4 aromatic rings. The van der Waals surface area contributed by atoms with Gasteiger partial charge in [0.2, 0.25) is 0 Å². The second-order valence-corrected chi connectivity index (χ2v) is 6.76. The van der Waals surface area contributed by atoms with Gasteiger partial charge in [-0.2, -0.15) is 15.3 Å². The average molecular weight is 378 g/mol. The van der Waals surface area contributed by atoms with Crippen LogP contribution < -0.4 is 0 Å². The lowest BCUT2D eigenvalue weighted by Crippen LogP contribution is -2.26. The van der Waals surface area contributed by atoms with E-state index in [2.05, 4.69) is 20.3 Å². The van der Waals surface area contributed by atoms with Crippen LogP contribution in [-0.4, -0.2) is 52.0 Å². The van der Waals surface area contributed by atoms with Crippen molar-refractivity contribution in [3.05, 3.63) is 53.9 Å². The molecular weight excluding hydrogens is 356 g/mol. The molecule has 1 amide bonds. The molecule has 0 aromatic carbocycles. The Kier molecular flexibility index (Phi) is 4.42. The van der Waals surface area contributed by atoms with E-state index in [0.29, 0.717) is 17.9 Å². The van der Waals surface area contributed by atoms with Gasteiger partial charge in [0.1, 0.15) is 0 Å². The molecule has 0 saturated carbocycles. The highest BCUT2D eigenvalue weighted by molar-refractivity contribution is 5.93. The van der Waals surface area contributed by atoms with E-state index in [1.807, 2.05) is 37.8 Å². The predicted octanol–water partition coefficient (Wildman–Crippen LogP) is 1.93. The molecule has 144 valence electrons. The van der Waals surface area contributed by atoms with Crippen LogP contribution in [0.15, 0.2) is 36.9 Å². The van der Waals surface area contributed by atoms with E-state index in [4.69, 9.17) is 0 Å². The molecule has 0 saturated heterocycles. The van der Waals surface area contributed by atoms with E-state index in [9.17, 15) is 4.79 Å². The molecule has 9 nitrogen and oxygen atoms in total. The van der Waals surface area contributed by atoms with Crippen LogP contribution >= 0.6 is 0 Å². The van der Waals surface area contributed by atoms with Crippen LogP contribution in [0.3, 0.4) is 0 Å². The summed E-state index contributed by atoms with van der Waals surface area (Å²) in [5, 5.41) is 13.1. The number of carbonyl (C=O) groups is 1. The fourth-order valence-electron chi connectivity index (χ4n) is 3.16. The molecule has 0 N–H and O–H groups in total. The molecule has 0 atom stereocenters. The number of fused-ring (bicyclic) bond motifs is 1. The Labute approximate surface area is 162 Å². The molecule has 9 heteroatoms. The van der Waals surface area contributed by atoms with Crippen molar-refractivity contribution >= 4 is 11.6 Å². The Hall–Kier alpha value is -3.49. The smallest absolute Gasteiger partial charge is 0.274 e. The topological polar surface area (TPSA) is 86.1 Å². The number of carbonyl (C=O) groups excluding carboxylic acids is 1. The second-order valence-electron chi connectivity index (χ2n) is 6.76. The Bertz CT molecular complexity index is 1150. The number of amides is 1. The van der Waals surface area contributed by atoms with Gasteiger partial charge in [-0.25, -0.2) is 9.50 Å². The van der Waals surface area contributed by atoms with Crippen molar-refractivity contribution < 1.29 is 4.79 Å². The summed E-state index contributed by atoms with van der Waals surface area (Å²) in [6.45, 7) is 5.28. The normalized spacial score (nSPS) is 11.3. The van der Waals surface area contributed by atoms with E-state index in [0.717, 1.165) is 29.1 Å². The minimum atomic E-state index is -0.163. The largest absolute Gasteiger partial charge is 0.336 e. The lowest BCUT2D eigenvalue weighted by molar-refractivity contribution is 0.0779. The molecule has 0 fully saturated rings. The Morgan fingerprint density at radius 2 is 2.07 bits per heavy atom. The molecular formula is C19H22N8O. The van der Waals surface area contributed by atoms with Crippen molar-refractivity contribution in [2.75, 3.05) is 7.05 Å². The van der Waals surface area contributed by atoms with E-state index in [1.165, 1.54) is 0 Å². The summed E-state index contributed by atoms with van der Waals surface area (Å²) in [6, 6.07) is 3.59. The Morgan fingerprint density at radius 1 is 1.25 bits per heavy atom. The van der Waals surface area contributed by atoms with E-state index in [-0.39, 0.29) is 5.91 Å². The first-order valence-electron chi connectivity index (χ1n) is 9.08. The van der Waals surface area contributed by atoms with E-state index >= 15 is 0 Å². The number of aryl methyl sites for hydroxylation is 2. The van der Waals surface area contributed by atoms with Gasteiger partial charge >= 0.3 is 0 Å². The third-order valence-corrected chi connectivity index (χ3v) is 4.87. The van der Waals surface area contributed by atoms with Crippen molar-refractivity contribution in [2.45, 2.75) is 26.9 Å². The van der Waals surface area contributed by atoms with Crippen LogP contribution in [0.2, 0.25) is 0 Å². The van der Waals surface area contributed by atoms with Crippen molar-refractivity contribution in [2.24, 2.45) is 7.05 Å². The van der Waals surface area contributed by atoms with E-state index in [1.54, 1.807) is 45.8 Å². The molecule has 0 aliphatic heterocycles. The van der Waals surface area contributed by atoms with Crippen LogP contribution in [0.4, 0.5) is 0 Å². The molecule has 0 bridgehead atoms. The van der Waals surface area contributed by atoms with Crippen molar-refractivity contribution in [1.82, 2.24) is 39.1 Å². The molecule has 28 heavy (non-hydrogen) atoms. The standard InChI is InChI=1S/C19H22N8O/c1-5-26-12-14(9-22-26)11-24(3)19(28)16-8-18-20-7-6-17(27(18)23-16)15-10-21-25(4)13(15)2/h6-10,12H,5,11H2,1-4H3. The minimum absolute atomic E-state index is 0.163. The fourth-order valence-corrected chi connectivity index (χ4v) is 3.16. The molecule has 4 heterocycles. The fraction of sp³-hybridized carbons (Fsp3) is 0.316. The van der Waals surface area contributed by atoms with Gasteiger partial charge in [0.05, 0.1) is 18.1 Å². The number of aromatic nitrogens is 7. The molecule has 0 aliphatic rings. The third kappa shape index (κ3) is 3.04. The molecule has 4 aromatic heterocycles. The van der Waals surface area contributed by atoms with Gasteiger partial charge in [0.25, 0.3) is 5.91 Å². The summed E-state index contributed by atoms with van der Waals surface area (Å²) in [4.78, 5) is 18.9. The van der Waals surface area contributed by atoms with Gasteiger partial charge in [0, 0.05) is 62.5 Å². The van der Waals surface area contributed by atoms with Crippen LogP contribution in [0, 0.1) is 6.92 Å². The summed E-state index contributed by atoms with van der Waals surface area (Å²) >= 11 is 0. The minimum Gasteiger partial charge on any atom is -0.336 e. The summed E-state index contributed by atoms with van der Waals surface area (Å²) in [5.74, 6) is -0.163. The Morgan fingerprint density at radius 3 is 2.75 bits per heavy atom. The van der Waals surface area contributed by atoms with Crippen molar-refractivity contribution in [3.63, 3.8) is 0 Å². The van der Waals surface area contributed by atoms with Gasteiger partial charge < -0.3 is 4.90 Å². The Balaban J connectivity index is 1.65. The molecule has 0 radical (unpaired) electrons. The van der Waals surface area contributed by atoms with Crippen LogP contribution in [0.1, 0.15) is 28.7 Å². The summed E-state index contributed by atoms with van der Waals surface area (Å²) in [6.07, 6.45) is 7.24. The highest BCUT2D eigenvalue weighted by Gasteiger charge is 2.19. The first-order chi connectivity index (χ1) is 13.5. The zero-order valence-electron chi connectivity index (χ0n) is 16.4. The zero-order valence-corrected chi connectivity index (χ0v) is 16.4. The maximum atomic E-state index is 12.9. The first-order valence-corrected chi connectivity index (χ1v) is 9.08. The molecule has 0 spiro atoms. The summed E-state index contributed by atoms with van der Waals surface area (Å²) in [7, 11) is 3.65. The van der Waals surface area contributed by atoms with Gasteiger partial charge in [0.15, 0.2) is 11.3 Å². The van der Waals surface area contributed by atoms with Crippen LogP contribution in [0.25, 0.3) is 16.9 Å². The summed E-state index contributed by atoms with van der Waals surface area (Å²) in [5.41, 5.74) is 4.77. The SMILES string of the molecule is CCn1cc(CN(C)C(=O)c2cc3nccc(-c4cnn(C)c4C)n3n2)cn1. The first kappa shape index (κ1) is 17.9. The molecule has 0 unspecified atom stereocenters. The second kappa shape index (κ2) is 6.91. The number of hydrogen-bond acceptors (Lipinski definition) is 5. The van der Waals surface area contributed by atoms with Gasteiger partial charge in [-0.1, -0.05) is 0 Å². The predicted molar refractivity (Wildman–Crippen MR) is 104 cm³/mol. The number of rotatable bonds is 5. The monoisotopic (exact) mass is 378 g/mol. The summed E-state index contributed by atoms with van der Waals surface area (Å²) < 4.78 is 5.34. The molecule has 0 aliphatic carbocycles. The van der Waals surface area contributed by atoms with Crippen LogP contribution in [-0.2, 0) is 20.1 Å². The van der Waals surface area contributed by atoms with E-state index < -0.39 is 0 Å².